The van der Waals surface area contributed by atoms with Crippen LogP contribution in [-0.2, 0) is 4.74 Å². The van der Waals surface area contributed by atoms with Gasteiger partial charge in [-0.2, -0.15) is 0 Å². The molecule has 1 atom stereocenters. The summed E-state index contributed by atoms with van der Waals surface area (Å²) in [6.45, 7) is 15.3. The zero-order valence-electron chi connectivity index (χ0n) is 12.6. The third-order valence-corrected chi connectivity index (χ3v) is 3.81. The highest BCUT2D eigenvalue weighted by Gasteiger charge is 2.45. The van der Waals surface area contributed by atoms with Crippen molar-refractivity contribution in [3.05, 3.63) is 0 Å². The Bertz CT molecular complexity index is 249. The average molecular weight is 242 g/mol. The maximum Gasteiger partial charge on any atom is 0.0787 e. The SMILES string of the molecule is CC(C)N(C)CCNC1CC(C)(C)OC1(C)C. The molecule has 0 radical (unpaired) electrons. The Morgan fingerprint density at radius 1 is 1.29 bits per heavy atom. The molecular weight excluding hydrogens is 212 g/mol. The standard InChI is InChI=1S/C14H30N2O/c1-11(2)16(7)9-8-15-12-10-13(3,4)17-14(12,5)6/h11-12,15H,8-10H2,1-7H3. The molecule has 0 aliphatic carbocycles. The van der Waals surface area contributed by atoms with E-state index in [4.69, 9.17) is 4.74 Å². The molecule has 0 aromatic rings. The van der Waals surface area contributed by atoms with Crippen LogP contribution in [-0.4, -0.2) is 48.3 Å². The first kappa shape index (κ1) is 14.9. The van der Waals surface area contributed by atoms with E-state index in [2.05, 4.69) is 58.8 Å². The third-order valence-electron chi connectivity index (χ3n) is 3.81. The van der Waals surface area contributed by atoms with Gasteiger partial charge in [-0.1, -0.05) is 0 Å². The minimum atomic E-state index is -0.0557. The molecule has 1 fully saturated rings. The second kappa shape index (κ2) is 5.25. The molecule has 0 aromatic heterocycles. The van der Waals surface area contributed by atoms with E-state index in [1.54, 1.807) is 0 Å². The van der Waals surface area contributed by atoms with E-state index < -0.39 is 0 Å². The minimum absolute atomic E-state index is 0.00508. The molecule has 0 aromatic carbocycles. The summed E-state index contributed by atoms with van der Waals surface area (Å²) in [7, 11) is 2.17. The van der Waals surface area contributed by atoms with E-state index in [-0.39, 0.29) is 11.2 Å². The van der Waals surface area contributed by atoms with Gasteiger partial charge in [0, 0.05) is 25.2 Å². The molecule has 1 N–H and O–H groups in total. The summed E-state index contributed by atoms with van der Waals surface area (Å²) in [4.78, 5) is 2.36. The van der Waals surface area contributed by atoms with Crippen molar-refractivity contribution in [3.8, 4) is 0 Å². The summed E-state index contributed by atoms with van der Waals surface area (Å²) in [5.74, 6) is 0. The fraction of sp³-hybridized carbons (Fsp3) is 1.00. The fourth-order valence-corrected chi connectivity index (χ4v) is 2.55. The molecule has 1 heterocycles. The predicted molar refractivity (Wildman–Crippen MR) is 73.4 cm³/mol. The lowest BCUT2D eigenvalue weighted by Gasteiger charge is -2.29. The Hall–Kier alpha value is -0.120. The van der Waals surface area contributed by atoms with Gasteiger partial charge in [0.2, 0.25) is 0 Å². The van der Waals surface area contributed by atoms with Crippen LogP contribution in [0, 0.1) is 0 Å². The first-order valence-corrected chi connectivity index (χ1v) is 6.78. The highest BCUT2D eigenvalue weighted by Crippen LogP contribution is 2.37. The molecule has 1 unspecified atom stereocenters. The van der Waals surface area contributed by atoms with Crippen LogP contribution in [0.15, 0.2) is 0 Å². The van der Waals surface area contributed by atoms with Crippen LogP contribution >= 0.6 is 0 Å². The molecule has 0 spiro atoms. The topological polar surface area (TPSA) is 24.5 Å². The molecule has 0 amide bonds. The third kappa shape index (κ3) is 4.23. The van der Waals surface area contributed by atoms with E-state index >= 15 is 0 Å². The van der Waals surface area contributed by atoms with Crippen LogP contribution in [0.4, 0.5) is 0 Å². The molecule has 0 saturated carbocycles. The molecule has 3 nitrogen and oxygen atoms in total. The Morgan fingerprint density at radius 2 is 1.88 bits per heavy atom. The van der Waals surface area contributed by atoms with Crippen LogP contribution in [0.25, 0.3) is 0 Å². The van der Waals surface area contributed by atoms with Crippen LogP contribution in [0.5, 0.6) is 0 Å². The van der Waals surface area contributed by atoms with Gasteiger partial charge in [0.05, 0.1) is 11.2 Å². The van der Waals surface area contributed by atoms with Crippen molar-refractivity contribution in [1.82, 2.24) is 10.2 Å². The number of ether oxygens (including phenoxy) is 1. The van der Waals surface area contributed by atoms with Crippen molar-refractivity contribution in [2.24, 2.45) is 0 Å². The smallest absolute Gasteiger partial charge is 0.0787 e. The lowest BCUT2D eigenvalue weighted by molar-refractivity contribution is -0.0698. The monoisotopic (exact) mass is 242 g/mol. The lowest BCUT2D eigenvalue weighted by Crippen LogP contribution is -2.46. The number of hydrogen-bond donors (Lipinski definition) is 1. The van der Waals surface area contributed by atoms with Gasteiger partial charge in [0.15, 0.2) is 0 Å². The van der Waals surface area contributed by atoms with Gasteiger partial charge in [0.25, 0.3) is 0 Å². The maximum absolute atomic E-state index is 6.08. The van der Waals surface area contributed by atoms with Gasteiger partial charge >= 0.3 is 0 Å². The molecule has 102 valence electrons. The zero-order chi connectivity index (χ0) is 13.3. The Balaban J connectivity index is 2.37. The van der Waals surface area contributed by atoms with E-state index in [0.29, 0.717) is 12.1 Å². The molecular formula is C14H30N2O. The molecule has 3 heteroatoms. The van der Waals surface area contributed by atoms with Gasteiger partial charge in [-0.25, -0.2) is 0 Å². The Morgan fingerprint density at radius 3 is 2.29 bits per heavy atom. The van der Waals surface area contributed by atoms with Crippen molar-refractivity contribution >= 4 is 0 Å². The largest absolute Gasteiger partial charge is 0.368 e. The van der Waals surface area contributed by atoms with Crippen molar-refractivity contribution in [2.45, 2.75) is 71.2 Å². The van der Waals surface area contributed by atoms with E-state index in [9.17, 15) is 0 Å². The Labute approximate surface area is 107 Å². The fourth-order valence-electron chi connectivity index (χ4n) is 2.55. The first-order valence-electron chi connectivity index (χ1n) is 6.78. The highest BCUT2D eigenvalue weighted by molar-refractivity contribution is 4.98. The van der Waals surface area contributed by atoms with Crippen LogP contribution in [0.2, 0.25) is 0 Å². The van der Waals surface area contributed by atoms with Crippen molar-refractivity contribution in [3.63, 3.8) is 0 Å². The number of hydrogen-bond acceptors (Lipinski definition) is 3. The van der Waals surface area contributed by atoms with Crippen LogP contribution in [0.1, 0.15) is 48.0 Å². The van der Waals surface area contributed by atoms with Crippen LogP contribution < -0.4 is 5.32 Å². The van der Waals surface area contributed by atoms with E-state index in [1.807, 2.05) is 0 Å². The summed E-state index contributed by atoms with van der Waals surface area (Å²) in [5, 5.41) is 3.65. The normalized spacial score (nSPS) is 27.0. The van der Waals surface area contributed by atoms with E-state index in [0.717, 1.165) is 19.5 Å². The predicted octanol–water partition coefficient (Wildman–Crippen LogP) is 2.26. The first-order chi connectivity index (χ1) is 7.64. The summed E-state index contributed by atoms with van der Waals surface area (Å²) in [6.07, 6.45) is 1.09. The highest BCUT2D eigenvalue weighted by atomic mass is 16.5. The molecule has 1 aliphatic rings. The molecule has 17 heavy (non-hydrogen) atoms. The minimum Gasteiger partial charge on any atom is -0.368 e. The van der Waals surface area contributed by atoms with Gasteiger partial charge in [-0.3, -0.25) is 0 Å². The van der Waals surface area contributed by atoms with E-state index in [1.165, 1.54) is 0 Å². The van der Waals surface area contributed by atoms with Crippen molar-refractivity contribution < 1.29 is 4.74 Å². The average Bonchev–Trinajstić information content (AvgIpc) is 2.33. The molecule has 1 saturated heterocycles. The summed E-state index contributed by atoms with van der Waals surface area (Å²) in [6, 6.07) is 1.07. The summed E-state index contributed by atoms with van der Waals surface area (Å²) >= 11 is 0. The molecule has 1 rings (SSSR count). The number of nitrogens with zero attached hydrogens (tertiary/aromatic N) is 1. The van der Waals surface area contributed by atoms with Crippen LogP contribution in [0.3, 0.4) is 0 Å². The summed E-state index contributed by atoms with van der Waals surface area (Å²) < 4.78 is 6.08. The number of nitrogens with one attached hydrogen (secondary N) is 1. The summed E-state index contributed by atoms with van der Waals surface area (Å²) in [5.41, 5.74) is -0.0506. The zero-order valence-corrected chi connectivity index (χ0v) is 12.6. The van der Waals surface area contributed by atoms with Gasteiger partial charge < -0.3 is 15.0 Å². The number of rotatable bonds is 5. The van der Waals surface area contributed by atoms with Gasteiger partial charge in [-0.05, 0) is 55.0 Å². The molecule has 1 aliphatic heterocycles. The van der Waals surface area contributed by atoms with Gasteiger partial charge in [0.1, 0.15) is 0 Å². The van der Waals surface area contributed by atoms with Gasteiger partial charge in [-0.15, -0.1) is 0 Å². The Kier molecular flexibility index (Phi) is 4.61. The maximum atomic E-state index is 6.08. The second-order valence-corrected chi connectivity index (χ2v) is 6.75. The quantitative estimate of drug-likeness (QED) is 0.800. The second-order valence-electron chi connectivity index (χ2n) is 6.75. The number of likely N-dealkylation sites (N-methyl/N-ethyl adjacent to an activating group) is 1. The van der Waals surface area contributed by atoms with Crippen molar-refractivity contribution in [2.75, 3.05) is 20.1 Å². The molecule has 0 bridgehead atoms. The lowest BCUT2D eigenvalue weighted by atomic mass is 9.94. The van der Waals surface area contributed by atoms with Crippen molar-refractivity contribution in [1.29, 1.82) is 0 Å².